The smallest absolute Gasteiger partial charge is 0.355 e. The van der Waals surface area contributed by atoms with Crippen molar-refractivity contribution in [1.82, 2.24) is 9.97 Å². The van der Waals surface area contributed by atoms with Crippen LogP contribution in [0.3, 0.4) is 0 Å². The number of carbonyl (C=O) groups is 1. The lowest BCUT2D eigenvalue weighted by molar-refractivity contribution is -0.137. The average molecular weight is 609 g/mol. The molecule has 214 valence electrons. The normalized spacial score (nSPS) is 11.5. The number of aromatic nitrogens is 2. The van der Waals surface area contributed by atoms with E-state index < -0.39 is 17.6 Å². The van der Waals surface area contributed by atoms with Crippen molar-refractivity contribution in [3.8, 4) is 11.4 Å². The van der Waals surface area contributed by atoms with Gasteiger partial charge in [-0.15, -0.1) is 0 Å². The molecule has 0 saturated carbocycles. The van der Waals surface area contributed by atoms with Gasteiger partial charge in [-0.05, 0) is 60.5 Å². The molecule has 0 aliphatic rings. The van der Waals surface area contributed by atoms with Gasteiger partial charge < -0.3 is 10.2 Å². The summed E-state index contributed by atoms with van der Waals surface area (Å²) in [4.78, 5) is 24.6. The van der Waals surface area contributed by atoms with Gasteiger partial charge in [-0.25, -0.2) is 9.97 Å². The van der Waals surface area contributed by atoms with E-state index >= 15 is 0 Å². The molecule has 1 N–H and O–H groups in total. The van der Waals surface area contributed by atoms with E-state index in [4.69, 9.17) is 33.2 Å². The Morgan fingerprint density at radius 3 is 2.36 bits per heavy atom. The van der Waals surface area contributed by atoms with E-state index in [1.54, 1.807) is 18.2 Å². The molecule has 0 bridgehead atoms. The van der Waals surface area contributed by atoms with Crippen molar-refractivity contribution < 1.29 is 18.0 Å². The molecule has 0 saturated heterocycles. The summed E-state index contributed by atoms with van der Waals surface area (Å²) >= 11 is 12.8. The van der Waals surface area contributed by atoms with Crippen LogP contribution in [0.4, 0.5) is 24.7 Å². The number of hydrogen-bond acceptors (Lipinski definition) is 4. The number of fused-ring (bicyclic) bond motifs is 1. The fourth-order valence-electron chi connectivity index (χ4n) is 4.56. The highest BCUT2D eigenvalue weighted by Gasteiger charge is 2.30. The lowest BCUT2D eigenvalue weighted by atomic mass is 10.1. The van der Waals surface area contributed by atoms with Crippen molar-refractivity contribution in [3.05, 3.63) is 118 Å². The van der Waals surface area contributed by atoms with Crippen molar-refractivity contribution >= 4 is 51.5 Å². The maximum absolute atomic E-state index is 13.2. The summed E-state index contributed by atoms with van der Waals surface area (Å²) < 4.78 is 39.5. The van der Waals surface area contributed by atoms with E-state index in [0.717, 1.165) is 23.1 Å². The highest BCUT2D eigenvalue weighted by molar-refractivity contribution is 6.33. The molecular formula is C32H25Cl2F3N4O. The van der Waals surface area contributed by atoms with Gasteiger partial charge in [-0.1, -0.05) is 71.7 Å². The van der Waals surface area contributed by atoms with Gasteiger partial charge in [0.2, 0.25) is 5.91 Å². The molecule has 1 amide bonds. The van der Waals surface area contributed by atoms with E-state index in [1.165, 1.54) is 12.1 Å². The van der Waals surface area contributed by atoms with Crippen LogP contribution in [0.15, 0.2) is 97.1 Å². The predicted octanol–water partition coefficient (Wildman–Crippen LogP) is 8.70. The molecule has 0 aliphatic carbocycles. The highest BCUT2D eigenvalue weighted by Crippen LogP contribution is 2.33. The molecule has 5 aromatic rings. The van der Waals surface area contributed by atoms with Crippen molar-refractivity contribution in [2.24, 2.45) is 0 Å². The van der Waals surface area contributed by atoms with Gasteiger partial charge in [0.25, 0.3) is 0 Å². The van der Waals surface area contributed by atoms with Crippen LogP contribution < -0.4 is 10.2 Å². The first kappa shape index (κ1) is 29.4. The summed E-state index contributed by atoms with van der Waals surface area (Å²) in [5, 5.41) is 4.32. The molecule has 5 nitrogen and oxygen atoms in total. The molecule has 0 atom stereocenters. The number of nitrogens with one attached hydrogen (secondary N) is 1. The molecule has 0 unspecified atom stereocenters. The Morgan fingerprint density at radius 2 is 1.60 bits per heavy atom. The number of benzene rings is 4. The Morgan fingerprint density at radius 1 is 0.833 bits per heavy atom. The molecule has 42 heavy (non-hydrogen) atoms. The maximum atomic E-state index is 13.2. The van der Waals surface area contributed by atoms with Crippen LogP contribution in [0.5, 0.6) is 0 Å². The number of amides is 1. The van der Waals surface area contributed by atoms with Crippen LogP contribution in [0.1, 0.15) is 17.5 Å². The molecule has 1 heterocycles. The topological polar surface area (TPSA) is 58.1 Å². The second-order valence-electron chi connectivity index (χ2n) is 9.61. The van der Waals surface area contributed by atoms with Crippen molar-refractivity contribution in [3.63, 3.8) is 0 Å². The first-order valence-electron chi connectivity index (χ1n) is 13.2. The summed E-state index contributed by atoms with van der Waals surface area (Å²) in [6, 6.07) is 27.1. The Labute approximate surface area is 250 Å². The van der Waals surface area contributed by atoms with E-state index in [2.05, 4.69) is 5.32 Å². The molecule has 0 spiro atoms. The highest BCUT2D eigenvalue weighted by atomic mass is 35.5. The van der Waals surface area contributed by atoms with Gasteiger partial charge in [0.1, 0.15) is 5.82 Å². The standard InChI is InChI=1S/C32H25Cl2F3N4O/c33-23-13-14-26-28(20-23)39-30(25-11-4-5-12-27(25)34)40-31(26)41(17-15-21-7-2-1-3-8-21)18-16-29(42)38-24-10-6-9-22(19-24)32(35,36)37/h1-14,19-20H,15-18H2,(H,38,42). The first-order chi connectivity index (χ1) is 20.2. The fourth-order valence-corrected chi connectivity index (χ4v) is 4.94. The van der Waals surface area contributed by atoms with Crippen LogP contribution in [0.2, 0.25) is 10.0 Å². The third kappa shape index (κ3) is 7.19. The van der Waals surface area contributed by atoms with Crippen LogP contribution in [-0.4, -0.2) is 29.0 Å². The quantitative estimate of drug-likeness (QED) is 0.182. The van der Waals surface area contributed by atoms with Gasteiger partial charge in [0, 0.05) is 41.2 Å². The Kier molecular flexibility index (Phi) is 8.94. The van der Waals surface area contributed by atoms with E-state index in [9.17, 15) is 18.0 Å². The van der Waals surface area contributed by atoms with Crippen LogP contribution in [0.25, 0.3) is 22.3 Å². The third-order valence-electron chi connectivity index (χ3n) is 6.65. The van der Waals surface area contributed by atoms with E-state index in [0.29, 0.717) is 45.7 Å². The molecular weight excluding hydrogens is 584 g/mol. The molecule has 0 radical (unpaired) electrons. The SMILES string of the molecule is O=C(CCN(CCc1ccccc1)c1nc(-c2ccccc2Cl)nc2cc(Cl)ccc12)Nc1cccc(C(F)(F)F)c1. The van der Waals surface area contributed by atoms with E-state index in [-0.39, 0.29) is 18.7 Å². The largest absolute Gasteiger partial charge is 0.416 e. The first-order valence-corrected chi connectivity index (χ1v) is 13.9. The summed E-state index contributed by atoms with van der Waals surface area (Å²) in [5.41, 5.74) is 1.61. The number of hydrogen-bond donors (Lipinski definition) is 1. The van der Waals surface area contributed by atoms with Crippen molar-refractivity contribution in [2.45, 2.75) is 19.0 Å². The minimum Gasteiger partial charge on any atom is -0.355 e. The molecule has 0 fully saturated rings. The lowest BCUT2D eigenvalue weighted by Gasteiger charge is -2.26. The monoisotopic (exact) mass is 608 g/mol. The van der Waals surface area contributed by atoms with Gasteiger partial charge >= 0.3 is 6.18 Å². The van der Waals surface area contributed by atoms with E-state index in [1.807, 2.05) is 59.5 Å². The van der Waals surface area contributed by atoms with Crippen LogP contribution in [-0.2, 0) is 17.4 Å². The molecule has 1 aromatic heterocycles. The Hall–Kier alpha value is -4.14. The minimum atomic E-state index is -4.51. The average Bonchev–Trinajstić information content (AvgIpc) is 2.97. The maximum Gasteiger partial charge on any atom is 0.416 e. The molecule has 0 aliphatic heterocycles. The summed E-state index contributed by atoms with van der Waals surface area (Å²) in [5.74, 6) is 0.574. The van der Waals surface area contributed by atoms with Crippen LogP contribution in [0, 0.1) is 0 Å². The second kappa shape index (κ2) is 12.8. The molecule has 10 heteroatoms. The number of halogens is 5. The summed E-state index contributed by atoms with van der Waals surface area (Å²) in [7, 11) is 0. The Balaban J connectivity index is 1.47. The Bertz CT molecular complexity index is 1710. The van der Waals surface area contributed by atoms with Crippen molar-refractivity contribution in [1.29, 1.82) is 0 Å². The van der Waals surface area contributed by atoms with Gasteiger partial charge in [0.15, 0.2) is 5.82 Å². The summed E-state index contributed by atoms with van der Waals surface area (Å²) in [6.45, 7) is 0.756. The van der Waals surface area contributed by atoms with Crippen molar-refractivity contribution in [2.75, 3.05) is 23.3 Å². The number of nitrogens with zero attached hydrogens (tertiary/aromatic N) is 3. The van der Waals surface area contributed by atoms with Gasteiger partial charge in [0.05, 0.1) is 16.1 Å². The second-order valence-corrected chi connectivity index (χ2v) is 10.5. The predicted molar refractivity (Wildman–Crippen MR) is 162 cm³/mol. The number of alkyl halides is 3. The number of rotatable bonds is 9. The zero-order chi connectivity index (χ0) is 29.7. The zero-order valence-corrected chi connectivity index (χ0v) is 23.7. The summed E-state index contributed by atoms with van der Waals surface area (Å²) in [6.07, 6.45) is -3.84. The van der Waals surface area contributed by atoms with Gasteiger partial charge in [-0.2, -0.15) is 13.2 Å². The number of anilines is 2. The van der Waals surface area contributed by atoms with Gasteiger partial charge in [-0.3, -0.25) is 4.79 Å². The molecule has 5 rings (SSSR count). The third-order valence-corrected chi connectivity index (χ3v) is 7.21. The minimum absolute atomic E-state index is 0.00550. The fraction of sp³-hybridized carbons (Fsp3) is 0.156. The lowest BCUT2D eigenvalue weighted by Crippen LogP contribution is -2.31. The van der Waals surface area contributed by atoms with Crippen LogP contribution >= 0.6 is 23.2 Å². The zero-order valence-electron chi connectivity index (χ0n) is 22.2. The number of carbonyl (C=O) groups excluding carboxylic acids is 1. The molecule has 4 aromatic carbocycles.